The van der Waals surface area contributed by atoms with Gasteiger partial charge in [-0.05, 0) is 24.7 Å². The number of terminal acetylenes is 1. The largest absolute Gasteiger partial charge is 0.368 e. The molecule has 3 atom stereocenters. The molecule has 0 amide bonds. The van der Waals surface area contributed by atoms with E-state index in [9.17, 15) is 0 Å². The molecule has 1 saturated carbocycles. The average molecular weight is 152 g/mol. The first kappa shape index (κ1) is 8.62. The summed E-state index contributed by atoms with van der Waals surface area (Å²) < 4.78 is 5.20. The summed E-state index contributed by atoms with van der Waals surface area (Å²) >= 11 is 0. The Balaban J connectivity index is 2.41. The van der Waals surface area contributed by atoms with Crippen LogP contribution in [0.5, 0.6) is 0 Å². The second-order valence-corrected chi connectivity index (χ2v) is 3.23. The second kappa shape index (κ2) is 3.78. The average Bonchev–Trinajstić information content (AvgIpc) is 1.98. The minimum absolute atomic E-state index is 0.0636. The first-order valence-corrected chi connectivity index (χ1v) is 4.32. The van der Waals surface area contributed by atoms with Crippen molar-refractivity contribution in [2.45, 2.75) is 32.3 Å². The SMILES string of the molecule is C#C[C@H](OC)[C@@H]1CC[C@H]1CC. The summed E-state index contributed by atoms with van der Waals surface area (Å²) in [7, 11) is 1.70. The van der Waals surface area contributed by atoms with E-state index in [-0.39, 0.29) is 6.10 Å². The number of rotatable bonds is 3. The van der Waals surface area contributed by atoms with Gasteiger partial charge in [0.25, 0.3) is 0 Å². The van der Waals surface area contributed by atoms with Crippen LogP contribution in [0.3, 0.4) is 0 Å². The highest BCUT2D eigenvalue weighted by Gasteiger charge is 2.34. The fourth-order valence-corrected chi connectivity index (χ4v) is 1.87. The predicted octanol–water partition coefficient (Wildman–Crippen LogP) is 2.07. The smallest absolute Gasteiger partial charge is 0.120 e. The monoisotopic (exact) mass is 152 g/mol. The minimum atomic E-state index is 0.0636. The molecule has 0 spiro atoms. The molecule has 0 aromatic rings. The van der Waals surface area contributed by atoms with Crippen molar-refractivity contribution in [3.05, 3.63) is 0 Å². The van der Waals surface area contributed by atoms with Gasteiger partial charge in [0.15, 0.2) is 0 Å². The van der Waals surface area contributed by atoms with Crippen molar-refractivity contribution in [1.29, 1.82) is 0 Å². The molecular formula is C10H16O. The molecule has 0 unspecified atom stereocenters. The molecule has 1 aliphatic carbocycles. The van der Waals surface area contributed by atoms with Crippen LogP contribution in [0.2, 0.25) is 0 Å². The van der Waals surface area contributed by atoms with Gasteiger partial charge in [-0.15, -0.1) is 6.42 Å². The normalized spacial score (nSPS) is 32.1. The first-order chi connectivity index (χ1) is 5.33. The van der Waals surface area contributed by atoms with Gasteiger partial charge in [0.05, 0.1) is 0 Å². The fraction of sp³-hybridized carbons (Fsp3) is 0.800. The van der Waals surface area contributed by atoms with Crippen LogP contribution in [-0.2, 0) is 4.74 Å². The Morgan fingerprint density at radius 1 is 1.64 bits per heavy atom. The molecule has 0 heterocycles. The Bertz CT molecular complexity index is 155. The van der Waals surface area contributed by atoms with Crippen molar-refractivity contribution in [3.63, 3.8) is 0 Å². The molecule has 1 fully saturated rings. The van der Waals surface area contributed by atoms with Crippen LogP contribution in [0.15, 0.2) is 0 Å². The lowest BCUT2D eigenvalue weighted by molar-refractivity contribution is 0.0154. The lowest BCUT2D eigenvalue weighted by atomic mass is 9.69. The lowest BCUT2D eigenvalue weighted by Gasteiger charge is -2.38. The van der Waals surface area contributed by atoms with Crippen LogP contribution in [-0.4, -0.2) is 13.2 Å². The maximum absolute atomic E-state index is 5.34. The lowest BCUT2D eigenvalue weighted by Crippen LogP contribution is -2.35. The van der Waals surface area contributed by atoms with Gasteiger partial charge in [-0.2, -0.15) is 0 Å². The molecule has 0 bridgehead atoms. The van der Waals surface area contributed by atoms with E-state index in [2.05, 4.69) is 12.8 Å². The Morgan fingerprint density at radius 2 is 2.36 bits per heavy atom. The fourth-order valence-electron chi connectivity index (χ4n) is 1.87. The van der Waals surface area contributed by atoms with Gasteiger partial charge >= 0.3 is 0 Å². The van der Waals surface area contributed by atoms with Crippen molar-refractivity contribution >= 4 is 0 Å². The van der Waals surface area contributed by atoms with Gasteiger partial charge in [0.2, 0.25) is 0 Å². The molecule has 0 aromatic heterocycles. The molecule has 11 heavy (non-hydrogen) atoms. The molecule has 0 aliphatic heterocycles. The summed E-state index contributed by atoms with van der Waals surface area (Å²) in [6.07, 6.45) is 9.23. The summed E-state index contributed by atoms with van der Waals surface area (Å²) in [5, 5.41) is 0. The molecule has 62 valence electrons. The third kappa shape index (κ3) is 1.57. The van der Waals surface area contributed by atoms with Crippen LogP contribution in [0.4, 0.5) is 0 Å². The Labute approximate surface area is 69.1 Å². The Hall–Kier alpha value is -0.480. The van der Waals surface area contributed by atoms with E-state index in [1.807, 2.05) is 0 Å². The van der Waals surface area contributed by atoms with E-state index in [1.54, 1.807) is 7.11 Å². The van der Waals surface area contributed by atoms with Gasteiger partial charge in [-0.1, -0.05) is 19.3 Å². The van der Waals surface area contributed by atoms with Gasteiger partial charge in [-0.25, -0.2) is 0 Å². The molecule has 0 N–H and O–H groups in total. The van der Waals surface area contributed by atoms with Crippen molar-refractivity contribution in [2.24, 2.45) is 11.8 Å². The zero-order valence-corrected chi connectivity index (χ0v) is 7.34. The highest BCUT2D eigenvalue weighted by atomic mass is 16.5. The van der Waals surface area contributed by atoms with Gasteiger partial charge in [-0.3, -0.25) is 0 Å². The number of methoxy groups -OCH3 is 1. The minimum Gasteiger partial charge on any atom is -0.368 e. The summed E-state index contributed by atoms with van der Waals surface area (Å²) in [5.41, 5.74) is 0. The van der Waals surface area contributed by atoms with E-state index < -0.39 is 0 Å². The standard InChI is InChI=1S/C10H16O/c1-4-8-6-7-9(8)10(5-2)11-3/h2,8-10H,4,6-7H2,1,3H3/t8-,9-,10+/m1/s1. The molecule has 1 rings (SSSR count). The highest BCUT2D eigenvalue weighted by molar-refractivity contribution is 5.02. The van der Waals surface area contributed by atoms with Gasteiger partial charge in [0, 0.05) is 7.11 Å². The van der Waals surface area contributed by atoms with Crippen molar-refractivity contribution < 1.29 is 4.74 Å². The quantitative estimate of drug-likeness (QED) is 0.562. The molecule has 0 saturated heterocycles. The Morgan fingerprint density at radius 3 is 2.64 bits per heavy atom. The van der Waals surface area contributed by atoms with Gasteiger partial charge < -0.3 is 4.74 Å². The molecular weight excluding hydrogens is 136 g/mol. The number of hydrogen-bond donors (Lipinski definition) is 0. The van der Waals surface area contributed by atoms with E-state index in [0.29, 0.717) is 5.92 Å². The zero-order chi connectivity index (χ0) is 8.27. The van der Waals surface area contributed by atoms with Crippen molar-refractivity contribution in [2.75, 3.05) is 7.11 Å². The first-order valence-electron chi connectivity index (χ1n) is 4.32. The number of hydrogen-bond acceptors (Lipinski definition) is 1. The van der Waals surface area contributed by atoms with Crippen LogP contribution < -0.4 is 0 Å². The zero-order valence-electron chi connectivity index (χ0n) is 7.34. The summed E-state index contributed by atoms with van der Waals surface area (Å²) in [4.78, 5) is 0. The third-order valence-electron chi connectivity index (χ3n) is 2.81. The van der Waals surface area contributed by atoms with Crippen LogP contribution in [0.25, 0.3) is 0 Å². The van der Waals surface area contributed by atoms with Crippen LogP contribution in [0, 0.1) is 24.2 Å². The molecule has 0 radical (unpaired) electrons. The van der Waals surface area contributed by atoms with Crippen LogP contribution >= 0.6 is 0 Å². The highest BCUT2D eigenvalue weighted by Crippen LogP contribution is 2.39. The van der Waals surface area contributed by atoms with Gasteiger partial charge in [0.1, 0.15) is 6.10 Å². The summed E-state index contributed by atoms with van der Waals surface area (Å²) in [6, 6.07) is 0. The van der Waals surface area contributed by atoms with Crippen molar-refractivity contribution in [1.82, 2.24) is 0 Å². The van der Waals surface area contributed by atoms with E-state index in [4.69, 9.17) is 11.2 Å². The molecule has 1 aliphatic rings. The second-order valence-electron chi connectivity index (χ2n) is 3.23. The van der Waals surface area contributed by atoms with E-state index >= 15 is 0 Å². The van der Waals surface area contributed by atoms with Crippen LogP contribution in [0.1, 0.15) is 26.2 Å². The van der Waals surface area contributed by atoms with E-state index in [1.165, 1.54) is 19.3 Å². The third-order valence-corrected chi connectivity index (χ3v) is 2.81. The Kier molecular flexibility index (Phi) is 2.96. The molecule has 0 aromatic carbocycles. The topological polar surface area (TPSA) is 9.23 Å². The van der Waals surface area contributed by atoms with E-state index in [0.717, 1.165) is 5.92 Å². The molecule has 1 heteroatoms. The maximum Gasteiger partial charge on any atom is 0.120 e. The summed E-state index contributed by atoms with van der Waals surface area (Å²) in [5.74, 6) is 4.15. The van der Waals surface area contributed by atoms with Crippen molar-refractivity contribution in [3.8, 4) is 12.3 Å². The predicted molar refractivity (Wildman–Crippen MR) is 46.1 cm³/mol. The molecule has 1 nitrogen and oxygen atoms in total. The maximum atomic E-state index is 5.34. The number of ether oxygens (including phenoxy) is 1. The summed E-state index contributed by atoms with van der Waals surface area (Å²) in [6.45, 7) is 2.22.